The molecule has 0 saturated heterocycles. The van der Waals surface area contributed by atoms with Crippen molar-refractivity contribution in [3.05, 3.63) is 0 Å². The molecule has 0 unspecified atom stereocenters. The molecule has 0 fully saturated rings. The van der Waals surface area contributed by atoms with Crippen LogP contribution >= 0.6 is 0 Å². The van der Waals surface area contributed by atoms with E-state index in [-0.39, 0.29) is 0 Å². The summed E-state index contributed by atoms with van der Waals surface area (Å²) in [5, 5.41) is 0. The zero-order valence-corrected chi connectivity index (χ0v) is 4.85. The average Bonchev–Trinajstić information content (AvgIpc) is 1.61. The summed E-state index contributed by atoms with van der Waals surface area (Å²) in [6.45, 7) is 3.12. The molecule has 38 valence electrons. The van der Waals surface area contributed by atoms with Crippen molar-refractivity contribution in [2.24, 2.45) is 0 Å². The predicted molar refractivity (Wildman–Crippen MR) is 30.3 cm³/mol. The molecule has 0 aliphatic carbocycles. The maximum Gasteiger partial charge on any atom is -0.0264 e. The number of unbranched alkanes of at least 4 members (excludes halogenated alkanes) is 1. The van der Waals surface area contributed by atoms with Gasteiger partial charge < -0.3 is 17.5 Å². The summed E-state index contributed by atoms with van der Waals surface area (Å²) in [5.41, 5.74) is 0. The van der Waals surface area contributed by atoms with Crippen LogP contribution in [0.4, 0.5) is 0 Å². The smallest absolute Gasteiger partial charge is 0.0264 e. The molecule has 0 aromatic heterocycles. The van der Waals surface area contributed by atoms with E-state index < -0.39 is 0 Å². The molecular formula is C4H10NS-. The lowest BCUT2D eigenvalue weighted by Crippen LogP contribution is -2.03. The van der Waals surface area contributed by atoms with Crippen LogP contribution in [-0.2, 0) is 12.8 Å². The highest BCUT2D eigenvalue weighted by atomic mass is 32.1. The van der Waals surface area contributed by atoms with Crippen LogP contribution < -0.4 is 4.72 Å². The first-order valence-electron chi connectivity index (χ1n) is 2.26. The van der Waals surface area contributed by atoms with Gasteiger partial charge in [0.1, 0.15) is 0 Å². The quantitative estimate of drug-likeness (QED) is 0.420. The minimum absolute atomic E-state index is 0.978. The molecule has 6 heavy (non-hydrogen) atoms. The van der Waals surface area contributed by atoms with E-state index in [9.17, 15) is 0 Å². The first-order chi connectivity index (χ1) is 2.91. The van der Waals surface area contributed by atoms with Crippen molar-refractivity contribution in [3.63, 3.8) is 0 Å². The minimum Gasteiger partial charge on any atom is -0.705 e. The van der Waals surface area contributed by atoms with Gasteiger partial charge in [0.15, 0.2) is 0 Å². The molecule has 0 aromatic carbocycles. The number of hydrogen-bond donors (Lipinski definition) is 1. The molecule has 0 spiro atoms. The summed E-state index contributed by atoms with van der Waals surface area (Å²) in [6, 6.07) is 0. The molecule has 0 saturated carbocycles. The molecule has 1 N–H and O–H groups in total. The van der Waals surface area contributed by atoms with Gasteiger partial charge in [-0.3, -0.25) is 0 Å². The summed E-state index contributed by atoms with van der Waals surface area (Å²) < 4.78 is 2.65. The van der Waals surface area contributed by atoms with Gasteiger partial charge in [0.05, 0.1) is 0 Å². The highest BCUT2D eigenvalue weighted by Crippen LogP contribution is 1.79. The number of rotatable bonds is 3. The molecule has 0 aromatic rings. The van der Waals surface area contributed by atoms with Crippen LogP contribution in [0.5, 0.6) is 0 Å². The van der Waals surface area contributed by atoms with Gasteiger partial charge in [-0.05, 0) is 13.0 Å². The lowest BCUT2D eigenvalue weighted by Gasteiger charge is -2.03. The SMILES string of the molecule is CCCCN[S-]. The first kappa shape index (κ1) is 6.31. The van der Waals surface area contributed by atoms with Crippen molar-refractivity contribution < 1.29 is 0 Å². The molecule has 0 rings (SSSR count). The predicted octanol–water partition coefficient (Wildman–Crippen LogP) is 0.838. The zero-order valence-electron chi connectivity index (χ0n) is 4.03. The number of nitrogens with one attached hydrogen (secondary N) is 1. The van der Waals surface area contributed by atoms with Gasteiger partial charge in [-0.25, -0.2) is 0 Å². The molecule has 0 aliphatic rings. The second-order valence-electron chi connectivity index (χ2n) is 1.25. The van der Waals surface area contributed by atoms with Gasteiger partial charge in [-0.15, -0.1) is 0 Å². The third-order valence-electron chi connectivity index (χ3n) is 0.632. The fraction of sp³-hybridized carbons (Fsp3) is 1.00. The maximum atomic E-state index is 4.47. The Bertz CT molecular complexity index is 19.5. The third kappa shape index (κ3) is 4.31. The third-order valence-corrected chi connectivity index (χ3v) is 0.837. The second-order valence-corrected chi connectivity index (χ2v) is 1.54. The van der Waals surface area contributed by atoms with E-state index in [4.69, 9.17) is 0 Å². The van der Waals surface area contributed by atoms with E-state index in [1.54, 1.807) is 0 Å². The van der Waals surface area contributed by atoms with Crippen LogP contribution in [0.1, 0.15) is 19.8 Å². The van der Waals surface area contributed by atoms with E-state index >= 15 is 0 Å². The standard InChI is InChI=1S/C4H10NS/c1-2-3-4-5-6/h5H,2-4H2,1H3/q-1. The summed E-state index contributed by atoms with van der Waals surface area (Å²) >= 11 is 4.47. The van der Waals surface area contributed by atoms with Crippen molar-refractivity contribution in [2.45, 2.75) is 19.8 Å². The maximum absolute atomic E-state index is 4.47. The summed E-state index contributed by atoms with van der Waals surface area (Å²) in [4.78, 5) is 0. The molecule has 1 nitrogen and oxygen atoms in total. The molecule has 0 atom stereocenters. The first-order valence-corrected chi connectivity index (χ1v) is 2.67. The Hall–Kier alpha value is 0.310. The average molecular weight is 104 g/mol. The number of hydrogen-bond acceptors (Lipinski definition) is 2. The molecular weight excluding hydrogens is 94.1 g/mol. The van der Waals surface area contributed by atoms with Gasteiger partial charge in [-0.2, -0.15) is 0 Å². The molecule has 0 aliphatic heterocycles. The largest absolute Gasteiger partial charge is 0.705 e. The summed E-state index contributed by atoms with van der Waals surface area (Å²) in [7, 11) is 0. The zero-order chi connectivity index (χ0) is 4.83. The Morgan fingerprint density at radius 1 is 1.67 bits per heavy atom. The summed E-state index contributed by atoms with van der Waals surface area (Å²) in [6.07, 6.45) is 2.42. The van der Waals surface area contributed by atoms with Gasteiger partial charge in [0, 0.05) is 0 Å². The minimum atomic E-state index is 0.978. The van der Waals surface area contributed by atoms with Crippen LogP contribution in [0, 0.1) is 0 Å². The van der Waals surface area contributed by atoms with Crippen molar-refractivity contribution in [1.82, 2.24) is 4.72 Å². The normalized spacial score (nSPS) is 9.00. The van der Waals surface area contributed by atoms with Crippen molar-refractivity contribution in [2.75, 3.05) is 6.54 Å². The molecule has 0 radical (unpaired) electrons. The Balaban J connectivity index is 2.34. The lowest BCUT2D eigenvalue weighted by molar-refractivity contribution is 0.778. The van der Waals surface area contributed by atoms with Crippen LogP contribution in [0.15, 0.2) is 0 Å². The van der Waals surface area contributed by atoms with Crippen LogP contribution in [-0.4, -0.2) is 6.54 Å². The van der Waals surface area contributed by atoms with Gasteiger partial charge in [0.2, 0.25) is 0 Å². The van der Waals surface area contributed by atoms with E-state index in [1.807, 2.05) is 0 Å². The van der Waals surface area contributed by atoms with Crippen LogP contribution in [0.2, 0.25) is 0 Å². The van der Waals surface area contributed by atoms with Gasteiger partial charge in [-0.1, -0.05) is 13.3 Å². The Morgan fingerprint density at radius 2 is 2.33 bits per heavy atom. The van der Waals surface area contributed by atoms with E-state index in [1.165, 1.54) is 12.8 Å². The Morgan fingerprint density at radius 3 is 2.50 bits per heavy atom. The van der Waals surface area contributed by atoms with Gasteiger partial charge >= 0.3 is 0 Å². The topological polar surface area (TPSA) is 12.0 Å². The molecule has 0 amide bonds. The van der Waals surface area contributed by atoms with E-state index in [0.717, 1.165) is 6.54 Å². The summed E-state index contributed by atoms with van der Waals surface area (Å²) in [5.74, 6) is 0. The highest BCUT2D eigenvalue weighted by molar-refractivity contribution is 7.56. The Labute approximate surface area is 44.7 Å². The molecule has 2 heteroatoms. The monoisotopic (exact) mass is 104 g/mol. The Kier molecular flexibility index (Phi) is 5.58. The van der Waals surface area contributed by atoms with Crippen molar-refractivity contribution in [3.8, 4) is 0 Å². The van der Waals surface area contributed by atoms with Crippen molar-refractivity contribution in [1.29, 1.82) is 0 Å². The highest BCUT2D eigenvalue weighted by Gasteiger charge is 1.69. The van der Waals surface area contributed by atoms with Gasteiger partial charge in [0.25, 0.3) is 0 Å². The van der Waals surface area contributed by atoms with Crippen LogP contribution in [0.25, 0.3) is 0 Å². The lowest BCUT2D eigenvalue weighted by atomic mass is 10.3. The fourth-order valence-electron chi connectivity index (χ4n) is 0.249. The van der Waals surface area contributed by atoms with Crippen molar-refractivity contribution >= 4 is 12.8 Å². The molecule has 0 bridgehead atoms. The van der Waals surface area contributed by atoms with Crippen LogP contribution in [0.3, 0.4) is 0 Å². The van der Waals surface area contributed by atoms with E-state index in [0.29, 0.717) is 0 Å². The van der Waals surface area contributed by atoms with E-state index in [2.05, 4.69) is 24.5 Å². The second kappa shape index (κ2) is 5.31. The molecule has 0 heterocycles. The fourth-order valence-corrected chi connectivity index (χ4v) is 0.393.